The third kappa shape index (κ3) is 5.03. The molecule has 4 heteroatoms. The van der Waals surface area contributed by atoms with E-state index >= 15 is 0 Å². The van der Waals surface area contributed by atoms with E-state index in [0.717, 1.165) is 21.2 Å². The van der Waals surface area contributed by atoms with Crippen LogP contribution in [0.3, 0.4) is 0 Å². The largest absolute Gasteiger partial charge is 0.490 e. The molecular weight excluding hydrogens is 414 g/mol. The molecule has 0 radical (unpaired) electrons. The van der Waals surface area contributed by atoms with Crippen molar-refractivity contribution in [2.45, 2.75) is 13.5 Å². The Morgan fingerprint density at radius 1 is 0.964 bits per heavy atom. The van der Waals surface area contributed by atoms with Gasteiger partial charge >= 0.3 is 0 Å². The van der Waals surface area contributed by atoms with Gasteiger partial charge in [-0.2, -0.15) is 5.26 Å². The van der Waals surface area contributed by atoms with Gasteiger partial charge in [0, 0.05) is 4.47 Å². The molecule has 0 aliphatic heterocycles. The van der Waals surface area contributed by atoms with Crippen LogP contribution in [0.15, 0.2) is 77.3 Å². The van der Waals surface area contributed by atoms with Crippen LogP contribution >= 0.6 is 15.9 Å². The molecular formula is C24H20BrNO2. The number of rotatable bonds is 7. The summed E-state index contributed by atoms with van der Waals surface area (Å²) in [5.74, 6) is 1.31. The summed E-state index contributed by atoms with van der Waals surface area (Å²) in [5.41, 5.74) is 3.40. The van der Waals surface area contributed by atoms with E-state index in [1.807, 2.05) is 85.8 Å². The first kappa shape index (κ1) is 19.7. The van der Waals surface area contributed by atoms with Gasteiger partial charge in [-0.15, -0.1) is 0 Å². The fourth-order valence-electron chi connectivity index (χ4n) is 2.73. The smallest absolute Gasteiger partial charge is 0.162 e. The zero-order chi connectivity index (χ0) is 19.8. The van der Waals surface area contributed by atoms with E-state index in [-0.39, 0.29) is 0 Å². The maximum atomic E-state index is 9.58. The van der Waals surface area contributed by atoms with E-state index in [1.54, 1.807) is 0 Å². The lowest BCUT2D eigenvalue weighted by Gasteiger charge is -2.14. The zero-order valence-electron chi connectivity index (χ0n) is 15.6. The minimum atomic E-state index is 0.454. The first-order chi connectivity index (χ1) is 13.7. The second-order valence-electron chi connectivity index (χ2n) is 6.06. The van der Waals surface area contributed by atoms with Gasteiger partial charge in [-0.05, 0) is 41.8 Å². The van der Waals surface area contributed by atoms with Gasteiger partial charge in [0.25, 0.3) is 0 Å². The van der Waals surface area contributed by atoms with Crippen LogP contribution in [0.1, 0.15) is 23.6 Å². The van der Waals surface area contributed by atoms with Crippen molar-refractivity contribution in [3.63, 3.8) is 0 Å². The SMILES string of the molecule is CCOc1cc(/C=C(\C#N)c2ccccc2)c(Br)cc1OCc1ccccc1. The Kier molecular flexibility index (Phi) is 6.89. The Labute approximate surface area is 174 Å². The molecule has 140 valence electrons. The van der Waals surface area contributed by atoms with Crippen molar-refractivity contribution in [1.82, 2.24) is 0 Å². The Hall–Kier alpha value is -3.03. The molecule has 0 unspecified atom stereocenters. The quantitative estimate of drug-likeness (QED) is 0.315. The first-order valence-electron chi connectivity index (χ1n) is 9.01. The molecule has 0 fully saturated rings. The molecule has 0 aromatic heterocycles. The molecule has 3 aromatic rings. The Bertz CT molecular complexity index is 992. The Morgan fingerprint density at radius 3 is 2.25 bits per heavy atom. The number of hydrogen-bond acceptors (Lipinski definition) is 3. The van der Waals surface area contributed by atoms with Crippen molar-refractivity contribution in [2.24, 2.45) is 0 Å². The zero-order valence-corrected chi connectivity index (χ0v) is 17.1. The number of nitrogens with zero attached hydrogens (tertiary/aromatic N) is 1. The van der Waals surface area contributed by atoms with Crippen molar-refractivity contribution in [1.29, 1.82) is 5.26 Å². The Balaban J connectivity index is 1.92. The number of nitriles is 1. The number of hydrogen-bond donors (Lipinski definition) is 0. The summed E-state index contributed by atoms with van der Waals surface area (Å²) in [6.45, 7) is 2.91. The molecule has 3 rings (SSSR count). The molecule has 0 N–H and O–H groups in total. The van der Waals surface area contributed by atoms with Gasteiger partial charge in [0.2, 0.25) is 0 Å². The van der Waals surface area contributed by atoms with Crippen molar-refractivity contribution in [3.05, 3.63) is 94.0 Å². The standard InChI is InChI=1S/C24H20BrNO2/c1-2-27-23-14-20(13-21(16-26)19-11-7-4-8-12-19)22(25)15-24(23)28-17-18-9-5-3-6-10-18/h3-15H,2,17H2,1H3/b21-13+. The van der Waals surface area contributed by atoms with Gasteiger partial charge < -0.3 is 9.47 Å². The average Bonchev–Trinajstić information content (AvgIpc) is 2.74. The lowest BCUT2D eigenvalue weighted by Crippen LogP contribution is -2.00. The fraction of sp³-hybridized carbons (Fsp3) is 0.125. The highest BCUT2D eigenvalue weighted by atomic mass is 79.9. The van der Waals surface area contributed by atoms with Gasteiger partial charge in [-0.25, -0.2) is 0 Å². The number of allylic oxidation sites excluding steroid dienone is 1. The van der Waals surface area contributed by atoms with Crippen LogP contribution in [0.4, 0.5) is 0 Å². The molecule has 0 saturated heterocycles. The highest BCUT2D eigenvalue weighted by molar-refractivity contribution is 9.10. The van der Waals surface area contributed by atoms with Gasteiger partial charge in [0.15, 0.2) is 11.5 Å². The number of ether oxygens (including phenoxy) is 2. The van der Waals surface area contributed by atoms with Crippen molar-refractivity contribution in [2.75, 3.05) is 6.61 Å². The molecule has 3 aromatic carbocycles. The average molecular weight is 434 g/mol. The summed E-state index contributed by atoms with van der Waals surface area (Å²) in [5, 5.41) is 9.58. The number of halogens is 1. The van der Waals surface area contributed by atoms with Crippen molar-refractivity contribution in [3.8, 4) is 17.6 Å². The molecule has 0 atom stereocenters. The second-order valence-corrected chi connectivity index (χ2v) is 6.92. The summed E-state index contributed by atoms with van der Waals surface area (Å²) in [4.78, 5) is 0. The van der Waals surface area contributed by atoms with Crippen molar-refractivity contribution >= 4 is 27.6 Å². The number of benzene rings is 3. The summed E-state index contributed by atoms with van der Waals surface area (Å²) in [6.07, 6.45) is 1.85. The topological polar surface area (TPSA) is 42.2 Å². The van der Waals surface area contributed by atoms with E-state index in [1.165, 1.54) is 0 Å². The van der Waals surface area contributed by atoms with Gasteiger partial charge in [-0.1, -0.05) is 76.6 Å². The lowest BCUT2D eigenvalue weighted by molar-refractivity contribution is 0.269. The third-order valence-corrected chi connectivity index (χ3v) is 4.79. The maximum Gasteiger partial charge on any atom is 0.162 e. The van der Waals surface area contributed by atoms with Gasteiger partial charge in [0.05, 0.1) is 18.2 Å². The van der Waals surface area contributed by atoms with Gasteiger partial charge in [0.1, 0.15) is 6.61 Å². The summed E-state index contributed by atoms with van der Waals surface area (Å²) < 4.78 is 12.6. The predicted octanol–water partition coefficient (Wildman–Crippen LogP) is 6.49. The molecule has 0 aliphatic rings. The summed E-state index contributed by atoms with van der Waals surface area (Å²) in [6, 6.07) is 25.7. The van der Waals surface area contributed by atoms with Crippen LogP contribution in [-0.2, 0) is 6.61 Å². The predicted molar refractivity (Wildman–Crippen MR) is 116 cm³/mol. The molecule has 0 amide bonds. The molecule has 0 bridgehead atoms. The van der Waals surface area contributed by atoms with Crippen LogP contribution in [0.2, 0.25) is 0 Å². The second kappa shape index (κ2) is 9.77. The monoisotopic (exact) mass is 433 g/mol. The van der Waals surface area contributed by atoms with E-state index in [2.05, 4.69) is 22.0 Å². The normalized spacial score (nSPS) is 11.0. The molecule has 0 aliphatic carbocycles. The van der Waals surface area contributed by atoms with Crippen molar-refractivity contribution < 1.29 is 9.47 Å². The molecule has 0 saturated carbocycles. The minimum Gasteiger partial charge on any atom is -0.490 e. The summed E-state index contributed by atoms with van der Waals surface area (Å²) >= 11 is 3.60. The Morgan fingerprint density at radius 2 is 1.61 bits per heavy atom. The van der Waals surface area contributed by atoms with Crippen LogP contribution in [0.25, 0.3) is 11.6 Å². The fourth-order valence-corrected chi connectivity index (χ4v) is 3.17. The minimum absolute atomic E-state index is 0.454. The van der Waals surface area contributed by atoms with E-state index in [4.69, 9.17) is 9.47 Å². The first-order valence-corrected chi connectivity index (χ1v) is 9.81. The van der Waals surface area contributed by atoms with E-state index in [0.29, 0.717) is 30.3 Å². The molecule has 28 heavy (non-hydrogen) atoms. The highest BCUT2D eigenvalue weighted by Gasteiger charge is 2.11. The van der Waals surface area contributed by atoms with Crippen LogP contribution in [0, 0.1) is 11.3 Å². The third-order valence-electron chi connectivity index (χ3n) is 4.11. The van der Waals surface area contributed by atoms with Crippen LogP contribution in [-0.4, -0.2) is 6.61 Å². The lowest BCUT2D eigenvalue weighted by atomic mass is 10.0. The van der Waals surface area contributed by atoms with E-state index < -0.39 is 0 Å². The highest BCUT2D eigenvalue weighted by Crippen LogP contribution is 2.36. The van der Waals surface area contributed by atoms with Gasteiger partial charge in [-0.3, -0.25) is 0 Å². The van der Waals surface area contributed by atoms with Crippen LogP contribution < -0.4 is 9.47 Å². The summed E-state index contributed by atoms with van der Waals surface area (Å²) in [7, 11) is 0. The van der Waals surface area contributed by atoms with Crippen LogP contribution in [0.5, 0.6) is 11.5 Å². The molecule has 3 nitrogen and oxygen atoms in total. The maximum absolute atomic E-state index is 9.58. The van der Waals surface area contributed by atoms with E-state index in [9.17, 15) is 5.26 Å². The molecule has 0 heterocycles. The molecule has 0 spiro atoms.